The molecule has 0 saturated heterocycles. The summed E-state index contributed by atoms with van der Waals surface area (Å²) in [6, 6.07) is 11.6. The van der Waals surface area contributed by atoms with E-state index in [1.165, 1.54) is 0 Å². The zero-order chi connectivity index (χ0) is 14.7. The maximum absolute atomic E-state index is 5.77. The molecule has 2 aromatic carbocycles. The predicted octanol–water partition coefficient (Wildman–Crippen LogP) is 4.14. The molecule has 0 unspecified atom stereocenters. The first kappa shape index (κ1) is 14.8. The number of halogens is 1. The van der Waals surface area contributed by atoms with Gasteiger partial charge in [-0.15, -0.1) is 0 Å². The van der Waals surface area contributed by atoms with Crippen LogP contribution in [0.25, 0.3) is 0 Å². The molecule has 0 bridgehead atoms. The second kappa shape index (κ2) is 6.24. The van der Waals surface area contributed by atoms with Gasteiger partial charge in [0.05, 0.1) is 12.8 Å². The van der Waals surface area contributed by atoms with E-state index in [0.717, 1.165) is 32.7 Å². The molecule has 2 rings (SSSR count). The number of nitrogens with two attached hydrogens (primary N) is 1. The highest BCUT2D eigenvalue weighted by molar-refractivity contribution is 9.10. The fourth-order valence-electron chi connectivity index (χ4n) is 1.86. The molecular weight excluding hydrogens is 336 g/mol. The lowest BCUT2D eigenvalue weighted by atomic mass is 10.1. The zero-order valence-corrected chi connectivity index (χ0v) is 13.6. The average Bonchev–Trinajstić information content (AvgIpc) is 2.43. The summed E-state index contributed by atoms with van der Waals surface area (Å²) in [4.78, 5) is 0.350. The fraction of sp³-hybridized carbons (Fsp3) is 0.133. The fourth-order valence-corrected chi connectivity index (χ4v) is 2.40. The molecule has 0 atom stereocenters. The van der Waals surface area contributed by atoms with E-state index in [1.807, 2.05) is 43.3 Å². The number of ether oxygens (including phenoxy) is 1. The van der Waals surface area contributed by atoms with Gasteiger partial charge in [-0.1, -0.05) is 34.2 Å². The van der Waals surface area contributed by atoms with Crippen molar-refractivity contribution in [1.82, 2.24) is 0 Å². The molecule has 0 heterocycles. The number of hydrogen-bond acceptors (Lipinski definition) is 3. The van der Waals surface area contributed by atoms with Crippen LogP contribution in [0.4, 0.5) is 11.4 Å². The summed E-state index contributed by atoms with van der Waals surface area (Å²) in [5.74, 6) is 0.750. The van der Waals surface area contributed by atoms with Crippen molar-refractivity contribution in [2.75, 3.05) is 12.4 Å². The summed E-state index contributed by atoms with van der Waals surface area (Å²) in [5, 5.41) is 3.36. The van der Waals surface area contributed by atoms with E-state index in [9.17, 15) is 0 Å². The molecule has 0 radical (unpaired) electrons. The maximum Gasteiger partial charge on any atom is 0.120 e. The van der Waals surface area contributed by atoms with Crippen molar-refractivity contribution in [3.63, 3.8) is 0 Å². The highest BCUT2D eigenvalue weighted by atomic mass is 79.9. The molecule has 0 amide bonds. The molecule has 0 fully saturated rings. The Hall–Kier alpha value is -1.59. The Bertz CT molecular complexity index is 658. The second-order valence-corrected chi connectivity index (χ2v) is 5.61. The first-order chi connectivity index (χ1) is 9.52. The van der Waals surface area contributed by atoms with Gasteiger partial charge in [-0.3, -0.25) is 0 Å². The number of nitrogens with one attached hydrogen (secondary N) is 1. The molecule has 5 heteroatoms. The molecule has 20 heavy (non-hydrogen) atoms. The van der Waals surface area contributed by atoms with Gasteiger partial charge in [-0.05, 0) is 36.8 Å². The van der Waals surface area contributed by atoms with E-state index in [0.29, 0.717) is 4.99 Å². The topological polar surface area (TPSA) is 47.3 Å². The Labute approximate surface area is 132 Å². The van der Waals surface area contributed by atoms with Crippen LogP contribution in [0.1, 0.15) is 11.1 Å². The van der Waals surface area contributed by atoms with Crippen LogP contribution in [0, 0.1) is 6.92 Å². The minimum atomic E-state index is 0.350. The summed E-state index contributed by atoms with van der Waals surface area (Å²) < 4.78 is 6.29. The highest BCUT2D eigenvalue weighted by Crippen LogP contribution is 2.30. The first-order valence-corrected chi connectivity index (χ1v) is 7.23. The second-order valence-electron chi connectivity index (χ2n) is 4.31. The molecule has 3 nitrogen and oxygen atoms in total. The van der Waals surface area contributed by atoms with E-state index >= 15 is 0 Å². The maximum atomic E-state index is 5.77. The van der Waals surface area contributed by atoms with E-state index < -0.39 is 0 Å². The largest absolute Gasteiger partial charge is 0.497 e. The predicted molar refractivity (Wildman–Crippen MR) is 91.0 cm³/mol. The summed E-state index contributed by atoms with van der Waals surface area (Å²) >= 11 is 8.61. The highest BCUT2D eigenvalue weighted by Gasteiger charge is 2.09. The zero-order valence-electron chi connectivity index (χ0n) is 11.2. The van der Waals surface area contributed by atoms with Crippen molar-refractivity contribution in [3.05, 3.63) is 52.0 Å². The lowest BCUT2D eigenvalue weighted by molar-refractivity contribution is 0.415. The lowest BCUT2D eigenvalue weighted by Crippen LogP contribution is -2.12. The van der Waals surface area contributed by atoms with Crippen LogP contribution in [-0.2, 0) is 0 Å². The van der Waals surface area contributed by atoms with Crippen molar-refractivity contribution in [2.24, 2.45) is 5.73 Å². The van der Waals surface area contributed by atoms with Crippen LogP contribution < -0.4 is 15.8 Å². The van der Waals surface area contributed by atoms with Crippen LogP contribution in [0.15, 0.2) is 40.9 Å². The molecule has 0 saturated carbocycles. The normalized spacial score (nSPS) is 10.2. The van der Waals surface area contributed by atoms with Crippen molar-refractivity contribution in [3.8, 4) is 5.75 Å². The standard InChI is InChI=1S/C15H15BrN2OS/c1-9-12(16)4-3-5-13(9)18-14-8-10(19-2)6-7-11(14)15(17)20/h3-8,18H,1-2H3,(H2,17,20). The number of rotatable bonds is 4. The Kier molecular flexibility index (Phi) is 4.62. The summed E-state index contributed by atoms with van der Waals surface area (Å²) in [7, 11) is 1.63. The molecular formula is C15H15BrN2OS. The van der Waals surface area contributed by atoms with Gasteiger partial charge in [0.2, 0.25) is 0 Å². The van der Waals surface area contributed by atoms with E-state index in [4.69, 9.17) is 22.7 Å². The van der Waals surface area contributed by atoms with Crippen molar-refractivity contribution in [1.29, 1.82) is 0 Å². The van der Waals surface area contributed by atoms with E-state index in [2.05, 4.69) is 21.2 Å². The molecule has 0 aliphatic heterocycles. The molecule has 3 N–H and O–H groups in total. The number of hydrogen-bond donors (Lipinski definition) is 2. The molecule has 0 aliphatic carbocycles. The van der Waals surface area contributed by atoms with Crippen molar-refractivity contribution < 1.29 is 4.74 Å². The van der Waals surface area contributed by atoms with Crippen LogP contribution in [0.2, 0.25) is 0 Å². The van der Waals surface area contributed by atoms with Gasteiger partial charge in [0.1, 0.15) is 10.7 Å². The van der Waals surface area contributed by atoms with E-state index in [1.54, 1.807) is 7.11 Å². The SMILES string of the molecule is COc1ccc(C(N)=S)c(Nc2cccc(Br)c2C)c1. The van der Waals surface area contributed by atoms with Gasteiger partial charge in [-0.2, -0.15) is 0 Å². The Morgan fingerprint density at radius 2 is 2.00 bits per heavy atom. The third-order valence-electron chi connectivity index (χ3n) is 3.03. The van der Waals surface area contributed by atoms with Crippen LogP contribution in [0.5, 0.6) is 5.75 Å². The van der Waals surface area contributed by atoms with Gasteiger partial charge in [-0.25, -0.2) is 0 Å². The number of benzene rings is 2. The Morgan fingerprint density at radius 1 is 1.25 bits per heavy atom. The molecule has 104 valence electrons. The third-order valence-corrected chi connectivity index (χ3v) is 4.11. The van der Waals surface area contributed by atoms with Gasteiger partial charge in [0.15, 0.2) is 0 Å². The number of thiocarbonyl (C=S) groups is 1. The van der Waals surface area contributed by atoms with Crippen LogP contribution in [-0.4, -0.2) is 12.1 Å². The molecule has 2 aromatic rings. The quantitative estimate of drug-likeness (QED) is 0.813. The van der Waals surface area contributed by atoms with Crippen LogP contribution in [0.3, 0.4) is 0 Å². The minimum Gasteiger partial charge on any atom is -0.497 e. The van der Waals surface area contributed by atoms with Crippen LogP contribution >= 0.6 is 28.1 Å². The van der Waals surface area contributed by atoms with Gasteiger partial charge in [0.25, 0.3) is 0 Å². The monoisotopic (exact) mass is 350 g/mol. The van der Waals surface area contributed by atoms with Gasteiger partial charge in [0, 0.05) is 21.8 Å². The molecule has 0 aliphatic rings. The van der Waals surface area contributed by atoms with Gasteiger partial charge < -0.3 is 15.8 Å². The smallest absolute Gasteiger partial charge is 0.120 e. The van der Waals surface area contributed by atoms with Gasteiger partial charge >= 0.3 is 0 Å². The van der Waals surface area contributed by atoms with Crippen molar-refractivity contribution in [2.45, 2.75) is 6.92 Å². The Balaban J connectivity index is 2.46. The number of anilines is 2. The molecule has 0 aromatic heterocycles. The van der Waals surface area contributed by atoms with Crippen molar-refractivity contribution >= 4 is 44.5 Å². The summed E-state index contributed by atoms with van der Waals surface area (Å²) in [6.07, 6.45) is 0. The molecule has 0 spiro atoms. The summed E-state index contributed by atoms with van der Waals surface area (Å²) in [5.41, 5.74) is 9.50. The first-order valence-electron chi connectivity index (χ1n) is 6.03. The number of methoxy groups -OCH3 is 1. The third kappa shape index (κ3) is 3.11. The lowest BCUT2D eigenvalue weighted by Gasteiger charge is -2.15. The Morgan fingerprint density at radius 3 is 2.65 bits per heavy atom. The average molecular weight is 351 g/mol. The van der Waals surface area contributed by atoms with E-state index in [-0.39, 0.29) is 0 Å². The summed E-state index contributed by atoms with van der Waals surface area (Å²) in [6.45, 7) is 2.03. The minimum absolute atomic E-state index is 0.350.